The summed E-state index contributed by atoms with van der Waals surface area (Å²) in [4.78, 5) is 36.4. The zero-order chi connectivity index (χ0) is 21.0. The number of carbonyl (C=O) groups is 1. The zero-order valence-corrected chi connectivity index (χ0v) is 16.6. The monoisotopic (exact) mass is 415 g/mol. The third-order valence-corrected chi connectivity index (χ3v) is 6.36. The van der Waals surface area contributed by atoms with Crippen LogP contribution in [-0.4, -0.2) is 45.5 Å². The van der Waals surface area contributed by atoms with Crippen LogP contribution in [0.4, 0.5) is 14.6 Å². The highest BCUT2D eigenvalue weighted by molar-refractivity contribution is 5.94. The summed E-state index contributed by atoms with van der Waals surface area (Å²) in [5, 5.41) is 2.57. The van der Waals surface area contributed by atoms with Crippen LogP contribution in [0.15, 0.2) is 29.2 Å². The third kappa shape index (κ3) is 3.36. The third-order valence-electron chi connectivity index (χ3n) is 6.36. The lowest BCUT2D eigenvalue weighted by molar-refractivity contribution is -0.0901. The molecule has 2 aromatic heterocycles. The molecule has 1 amide bonds. The van der Waals surface area contributed by atoms with Crippen LogP contribution in [0.3, 0.4) is 0 Å². The number of fused-ring (bicyclic) bond motifs is 4. The lowest BCUT2D eigenvalue weighted by Crippen LogP contribution is -2.52. The molecule has 1 N–H and O–H groups in total. The fourth-order valence-corrected chi connectivity index (χ4v) is 4.95. The van der Waals surface area contributed by atoms with Crippen molar-refractivity contribution in [1.82, 2.24) is 19.9 Å². The van der Waals surface area contributed by atoms with E-state index in [4.69, 9.17) is 0 Å². The quantitative estimate of drug-likeness (QED) is 0.831. The molecule has 0 unspecified atom stereocenters. The van der Waals surface area contributed by atoms with Crippen molar-refractivity contribution in [3.63, 3.8) is 0 Å². The molecule has 0 aromatic carbocycles. The Bertz CT molecular complexity index is 1060. The Morgan fingerprint density at radius 1 is 1.20 bits per heavy atom. The molecule has 30 heavy (non-hydrogen) atoms. The minimum absolute atomic E-state index is 0.0252. The van der Waals surface area contributed by atoms with Gasteiger partial charge in [0.25, 0.3) is 17.4 Å². The molecule has 1 saturated heterocycles. The highest BCUT2D eigenvalue weighted by Crippen LogP contribution is 2.38. The molecule has 1 aliphatic carbocycles. The van der Waals surface area contributed by atoms with Crippen molar-refractivity contribution in [3.05, 3.63) is 51.8 Å². The summed E-state index contributed by atoms with van der Waals surface area (Å²) in [6.07, 6.45) is 2.01. The van der Waals surface area contributed by atoms with Crippen molar-refractivity contribution in [2.45, 2.75) is 50.6 Å². The molecule has 2 aromatic rings. The Labute approximate surface area is 172 Å². The van der Waals surface area contributed by atoms with Crippen LogP contribution in [0.2, 0.25) is 0 Å². The van der Waals surface area contributed by atoms with Crippen LogP contribution in [0.25, 0.3) is 0 Å². The number of rotatable bonds is 3. The van der Waals surface area contributed by atoms with Gasteiger partial charge in [-0.3, -0.25) is 9.59 Å². The summed E-state index contributed by atoms with van der Waals surface area (Å²) < 4.78 is 27.7. The number of aryl methyl sites for hydroxylation is 1. The Hall–Kier alpha value is -2.84. The number of nitrogens with zero attached hydrogens (tertiary/aromatic N) is 4. The molecule has 2 aliphatic heterocycles. The van der Waals surface area contributed by atoms with E-state index in [-0.39, 0.29) is 35.8 Å². The normalized spacial score (nSPS) is 24.7. The van der Waals surface area contributed by atoms with Crippen LogP contribution in [0.5, 0.6) is 0 Å². The van der Waals surface area contributed by atoms with E-state index in [1.807, 2.05) is 19.1 Å². The van der Waals surface area contributed by atoms with E-state index < -0.39 is 17.9 Å². The van der Waals surface area contributed by atoms with E-state index in [9.17, 15) is 18.4 Å². The van der Waals surface area contributed by atoms with Gasteiger partial charge < -0.3 is 14.8 Å². The number of nitrogens with one attached hydrogen (secondary N) is 1. The molecule has 1 saturated carbocycles. The van der Waals surface area contributed by atoms with Crippen molar-refractivity contribution in [2.75, 3.05) is 18.0 Å². The molecule has 2 bridgehead atoms. The largest absolute Gasteiger partial charge is 0.355 e. The van der Waals surface area contributed by atoms with Crippen molar-refractivity contribution >= 4 is 11.7 Å². The average Bonchev–Trinajstić information content (AvgIpc) is 2.67. The highest BCUT2D eigenvalue weighted by Gasteiger charge is 2.46. The second kappa shape index (κ2) is 6.85. The van der Waals surface area contributed by atoms with Crippen LogP contribution in [0, 0.1) is 12.8 Å². The van der Waals surface area contributed by atoms with Crippen LogP contribution in [-0.2, 0) is 6.54 Å². The maximum Gasteiger partial charge on any atom is 0.263 e. The number of amides is 1. The van der Waals surface area contributed by atoms with Crippen molar-refractivity contribution in [1.29, 1.82) is 0 Å². The molecule has 2 fully saturated rings. The number of hydrogen-bond acceptors (Lipinski definition) is 5. The predicted molar refractivity (Wildman–Crippen MR) is 106 cm³/mol. The number of carbonyl (C=O) groups excluding carboxylic acids is 1. The maximum atomic E-state index is 13.0. The van der Waals surface area contributed by atoms with Gasteiger partial charge >= 0.3 is 0 Å². The molecule has 7 nitrogen and oxygen atoms in total. The summed E-state index contributed by atoms with van der Waals surface area (Å²) in [5.74, 6) is -1.23. The summed E-state index contributed by atoms with van der Waals surface area (Å²) in [5.41, 5.74) is 0.604. The molecule has 9 heteroatoms. The van der Waals surface area contributed by atoms with Crippen LogP contribution >= 0.6 is 0 Å². The summed E-state index contributed by atoms with van der Waals surface area (Å²) in [7, 11) is 0. The summed E-state index contributed by atoms with van der Waals surface area (Å²) >= 11 is 0. The number of halogens is 2. The van der Waals surface area contributed by atoms with E-state index in [1.165, 1.54) is 6.07 Å². The molecule has 158 valence electrons. The molecule has 2 atom stereocenters. The van der Waals surface area contributed by atoms with E-state index in [2.05, 4.69) is 20.2 Å². The first-order chi connectivity index (χ1) is 14.3. The molecule has 5 rings (SSSR count). The van der Waals surface area contributed by atoms with Gasteiger partial charge in [-0.15, -0.1) is 0 Å². The molecule has 4 heterocycles. The molecule has 0 spiro atoms. The standard InChI is InChI=1S/C21H23F2N5O2/c1-12-24-5-4-18(25-12)27-9-13-6-14(11-27)17-3-2-16(20(30)28(17)10-13)19(29)26-15-7-21(22,23)8-15/h2-5,13-15H,6-11H2,1H3,(H,26,29)/t13-,14+/m0/s1. The molecular formula is C21H23F2N5O2. The van der Waals surface area contributed by atoms with Gasteiger partial charge in [0.2, 0.25) is 0 Å². The Morgan fingerprint density at radius 2 is 2.00 bits per heavy atom. The first-order valence-corrected chi connectivity index (χ1v) is 10.3. The Balaban J connectivity index is 1.37. The van der Waals surface area contributed by atoms with Gasteiger partial charge in [-0.25, -0.2) is 18.7 Å². The van der Waals surface area contributed by atoms with Gasteiger partial charge in [0.05, 0.1) is 0 Å². The van der Waals surface area contributed by atoms with Crippen molar-refractivity contribution in [2.24, 2.45) is 5.92 Å². The number of pyridine rings is 1. The molecular weight excluding hydrogens is 392 g/mol. The van der Waals surface area contributed by atoms with E-state index in [0.29, 0.717) is 6.54 Å². The summed E-state index contributed by atoms with van der Waals surface area (Å²) in [6, 6.07) is 4.70. The lowest BCUT2D eigenvalue weighted by atomic mass is 9.83. The number of piperidine rings is 1. The molecule has 0 radical (unpaired) electrons. The topological polar surface area (TPSA) is 80.1 Å². The first kappa shape index (κ1) is 19.1. The van der Waals surface area contributed by atoms with E-state index in [0.717, 1.165) is 36.8 Å². The van der Waals surface area contributed by atoms with Gasteiger partial charge in [-0.2, -0.15) is 0 Å². The van der Waals surface area contributed by atoms with Crippen LogP contribution in [0.1, 0.15) is 47.1 Å². The number of hydrogen-bond donors (Lipinski definition) is 1. The number of alkyl halides is 2. The Morgan fingerprint density at radius 3 is 2.73 bits per heavy atom. The maximum absolute atomic E-state index is 13.0. The minimum atomic E-state index is -2.71. The fourth-order valence-electron chi connectivity index (χ4n) is 4.95. The van der Waals surface area contributed by atoms with E-state index in [1.54, 1.807) is 10.8 Å². The van der Waals surface area contributed by atoms with Crippen molar-refractivity contribution < 1.29 is 13.6 Å². The zero-order valence-electron chi connectivity index (χ0n) is 16.6. The number of anilines is 1. The Kier molecular flexibility index (Phi) is 4.37. The predicted octanol–water partition coefficient (Wildman–Crippen LogP) is 2.10. The van der Waals surface area contributed by atoms with E-state index >= 15 is 0 Å². The van der Waals surface area contributed by atoms with Gasteiger partial charge in [0.1, 0.15) is 17.2 Å². The minimum Gasteiger partial charge on any atom is -0.355 e. The summed E-state index contributed by atoms with van der Waals surface area (Å²) in [6.45, 7) is 3.93. The average molecular weight is 415 g/mol. The van der Waals surface area contributed by atoms with Crippen LogP contribution < -0.4 is 15.8 Å². The van der Waals surface area contributed by atoms with Gasteiger partial charge in [0.15, 0.2) is 0 Å². The highest BCUT2D eigenvalue weighted by atomic mass is 19.3. The first-order valence-electron chi connectivity index (χ1n) is 10.3. The van der Waals surface area contributed by atoms with Crippen molar-refractivity contribution in [3.8, 4) is 0 Å². The second-order valence-electron chi connectivity index (χ2n) is 8.69. The van der Waals surface area contributed by atoms with Gasteiger partial charge in [-0.05, 0) is 37.5 Å². The number of aromatic nitrogens is 3. The smallest absolute Gasteiger partial charge is 0.263 e. The fraction of sp³-hybridized carbons (Fsp3) is 0.524. The van der Waals surface area contributed by atoms with Gasteiger partial charge in [-0.1, -0.05) is 0 Å². The van der Waals surface area contributed by atoms with Gasteiger partial charge in [0, 0.05) is 56.3 Å². The second-order valence-corrected chi connectivity index (χ2v) is 8.69. The lowest BCUT2D eigenvalue weighted by Gasteiger charge is -2.43. The SMILES string of the molecule is Cc1nccc(N2C[C@@H]3C[C@H](C2)c2ccc(C(=O)NC4CC(F)(F)C4)c(=O)n2C3)n1. The molecule has 3 aliphatic rings.